The van der Waals surface area contributed by atoms with Crippen molar-refractivity contribution in [3.05, 3.63) is 197 Å². The van der Waals surface area contributed by atoms with Gasteiger partial charge >= 0.3 is 0 Å². The van der Waals surface area contributed by atoms with E-state index >= 15 is 0 Å². The molecule has 3 heteroatoms. The van der Waals surface area contributed by atoms with Gasteiger partial charge in [-0.1, -0.05) is 158 Å². The second-order valence-electron chi connectivity index (χ2n) is 14.6. The van der Waals surface area contributed by atoms with E-state index in [0.29, 0.717) is 5.82 Å². The topological polar surface area (TPSA) is 38.7 Å². The molecule has 0 spiro atoms. The molecule has 9 aromatic rings. The van der Waals surface area contributed by atoms with E-state index in [1.165, 1.54) is 38.4 Å². The number of aromatic nitrogens is 3. The molecule has 0 aliphatic heterocycles. The molecule has 0 saturated carbocycles. The Morgan fingerprint density at radius 3 is 2.05 bits per heavy atom. The van der Waals surface area contributed by atoms with E-state index in [0.717, 1.165) is 72.3 Å². The van der Waals surface area contributed by atoms with Crippen LogP contribution in [0, 0.1) is 32.9 Å². The van der Waals surface area contributed by atoms with Gasteiger partial charge in [-0.05, 0) is 84.8 Å². The zero-order valence-electron chi connectivity index (χ0n) is 32.9. The van der Waals surface area contributed by atoms with Crippen LogP contribution < -0.4 is 0 Å². The van der Waals surface area contributed by atoms with Gasteiger partial charge in [0.25, 0.3) is 0 Å². The summed E-state index contributed by atoms with van der Waals surface area (Å²) in [6.07, 6.45) is 6.48. The van der Waals surface area contributed by atoms with Crippen LogP contribution in [-0.2, 0) is 0 Å². The minimum absolute atomic E-state index is 0.692. The Kier molecular flexibility index (Phi) is 9.25. The summed E-state index contributed by atoms with van der Waals surface area (Å²) in [6, 6.07) is 55.7. The highest BCUT2D eigenvalue weighted by molar-refractivity contribution is 6.15. The molecule has 0 fully saturated rings. The maximum atomic E-state index is 5.23. The maximum absolute atomic E-state index is 5.23. The first kappa shape index (κ1) is 35.5. The quantitative estimate of drug-likeness (QED) is 0.164. The number of allylic oxidation sites excluding steroid dienone is 2. The van der Waals surface area contributed by atoms with Crippen molar-refractivity contribution in [3.63, 3.8) is 0 Å². The normalized spacial score (nSPS) is 11.8. The van der Waals surface area contributed by atoms with Gasteiger partial charge in [0.15, 0.2) is 5.82 Å². The third-order valence-electron chi connectivity index (χ3n) is 11.1. The fourth-order valence-electron chi connectivity index (χ4n) is 8.17. The highest BCUT2D eigenvalue weighted by Crippen LogP contribution is 2.38. The molecule has 2 heterocycles. The van der Waals surface area contributed by atoms with E-state index < -0.39 is 0 Å². The number of aryl methyl sites for hydroxylation is 3. The lowest BCUT2D eigenvalue weighted by Gasteiger charge is -2.15. The first-order valence-electron chi connectivity index (χ1n) is 19.5. The molecule has 0 saturated heterocycles. The third-order valence-corrected chi connectivity index (χ3v) is 11.1. The molecule has 0 amide bonds. The van der Waals surface area contributed by atoms with Crippen molar-refractivity contribution < 1.29 is 0 Å². The Bertz CT molecular complexity index is 3040. The van der Waals surface area contributed by atoms with E-state index in [1.807, 2.05) is 6.07 Å². The summed E-state index contributed by atoms with van der Waals surface area (Å²) >= 11 is 0. The second kappa shape index (κ2) is 14.8. The predicted octanol–water partition coefficient (Wildman–Crippen LogP) is 14.0. The van der Waals surface area contributed by atoms with Gasteiger partial charge in [0.1, 0.15) is 0 Å². The van der Waals surface area contributed by atoms with Crippen LogP contribution in [0.15, 0.2) is 152 Å². The summed E-state index contributed by atoms with van der Waals surface area (Å²) in [7, 11) is 0. The van der Waals surface area contributed by atoms with E-state index in [9.17, 15) is 0 Å². The first-order valence-corrected chi connectivity index (χ1v) is 19.5. The highest BCUT2D eigenvalue weighted by Gasteiger charge is 2.18. The molecule has 0 unspecified atom stereocenters. The number of hydrogen-bond donors (Lipinski definition) is 0. The Hall–Kier alpha value is -7.15. The van der Waals surface area contributed by atoms with Gasteiger partial charge in [-0.15, -0.1) is 0 Å². The minimum Gasteiger partial charge on any atom is -0.246 e. The molecular weight excluding hydrogens is 691 g/mol. The maximum Gasteiger partial charge on any atom is 0.160 e. The van der Waals surface area contributed by atoms with Crippen molar-refractivity contribution in [2.24, 2.45) is 0 Å². The molecule has 3 nitrogen and oxygen atoms in total. The van der Waals surface area contributed by atoms with Crippen LogP contribution in [0.5, 0.6) is 0 Å². The highest BCUT2D eigenvalue weighted by atomic mass is 14.9. The molecule has 272 valence electrons. The van der Waals surface area contributed by atoms with E-state index in [-0.39, 0.29) is 0 Å². The number of fused-ring (bicyclic) bond motifs is 4. The van der Waals surface area contributed by atoms with Crippen molar-refractivity contribution >= 4 is 44.1 Å². The van der Waals surface area contributed by atoms with Crippen LogP contribution in [-0.4, -0.2) is 15.0 Å². The number of benzene rings is 6. The molecular formula is C54H41N3. The largest absolute Gasteiger partial charge is 0.246 e. The van der Waals surface area contributed by atoms with Crippen molar-refractivity contribution in [3.8, 4) is 45.0 Å². The molecule has 0 bridgehead atoms. The number of nitrogens with zero attached hydrogens (tertiary/aromatic N) is 3. The average molecular weight is 732 g/mol. The average Bonchev–Trinajstić information content (AvgIpc) is 3.25. The van der Waals surface area contributed by atoms with Gasteiger partial charge in [0.05, 0.1) is 22.6 Å². The Balaban J connectivity index is 1.11. The molecule has 0 N–H and O–H groups in total. The summed E-state index contributed by atoms with van der Waals surface area (Å²) < 4.78 is 0. The van der Waals surface area contributed by atoms with Crippen LogP contribution in [0.1, 0.15) is 47.4 Å². The summed E-state index contributed by atoms with van der Waals surface area (Å²) in [5.74, 6) is 0.692. The molecule has 9 rings (SSSR count). The van der Waals surface area contributed by atoms with Crippen molar-refractivity contribution in [2.45, 2.75) is 34.6 Å². The predicted molar refractivity (Wildman–Crippen MR) is 240 cm³/mol. The smallest absolute Gasteiger partial charge is 0.160 e. The molecule has 0 radical (unpaired) electrons. The van der Waals surface area contributed by atoms with Gasteiger partial charge in [0, 0.05) is 50.1 Å². The SMILES string of the molecule is C/C=C\c1c(C)ccc2c(-c3ccc(-c4ccc(-c5nc(/C(=C/C)c6ccccc6C)cc(-c6cccc7ccccc67)n5)cc4)cc3)nc3cc#cc(C)c3c12. The van der Waals surface area contributed by atoms with Crippen LogP contribution in [0.3, 0.4) is 0 Å². The third kappa shape index (κ3) is 6.46. The van der Waals surface area contributed by atoms with E-state index in [1.54, 1.807) is 0 Å². The van der Waals surface area contributed by atoms with Gasteiger partial charge < -0.3 is 0 Å². The van der Waals surface area contributed by atoms with E-state index in [2.05, 4.69) is 198 Å². The minimum atomic E-state index is 0.692. The van der Waals surface area contributed by atoms with Crippen LogP contribution in [0.2, 0.25) is 0 Å². The Morgan fingerprint density at radius 1 is 0.596 bits per heavy atom. The zero-order valence-corrected chi connectivity index (χ0v) is 32.9. The fraction of sp³-hybridized carbons (Fsp3) is 0.0926. The molecule has 0 aliphatic rings. The number of hydrogen-bond acceptors (Lipinski definition) is 3. The number of pyridine rings is 1. The number of rotatable bonds is 7. The Labute approximate surface area is 334 Å². The summed E-state index contributed by atoms with van der Waals surface area (Å²) in [4.78, 5) is 15.7. The monoisotopic (exact) mass is 731 g/mol. The summed E-state index contributed by atoms with van der Waals surface area (Å²) in [5.41, 5.74) is 16.0. The van der Waals surface area contributed by atoms with E-state index in [4.69, 9.17) is 15.0 Å². The summed E-state index contributed by atoms with van der Waals surface area (Å²) in [5, 5.41) is 5.83. The fourth-order valence-corrected chi connectivity index (χ4v) is 8.17. The molecule has 2 aromatic heterocycles. The lowest BCUT2D eigenvalue weighted by Crippen LogP contribution is -2.00. The van der Waals surface area contributed by atoms with Gasteiger partial charge in [-0.2, -0.15) is 0 Å². The lowest BCUT2D eigenvalue weighted by molar-refractivity contribution is 1.15. The molecule has 0 atom stereocenters. The lowest BCUT2D eigenvalue weighted by atomic mass is 9.92. The van der Waals surface area contributed by atoms with Crippen molar-refractivity contribution in [1.82, 2.24) is 15.0 Å². The van der Waals surface area contributed by atoms with Gasteiger partial charge in [-0.3, -0.25) is 0 Å². The Morgan fingerprint density at radius 2 is 1.30 bits per heavy atom. The standard InChI is InChI=1S/C54H41N3/c1-6-14-44-35(4)23-32-47-52(44)51-36(5)16-12-22-48(51)55-53(47)40-28-24-37(25-29-40)38-26-30-41(31-27-38)54-56-49(42(7-2)43-19-10-8-15-34(43)3)33-50(57-54)46-21-13-18-39-17-9-11-20-45(39)46/h6-11,13-15,17-33H,1-5H3/b14-6-,42-7+. The first-order chi connectivity index (χ1) is 27.9. The molecule has 57 heavy (non-hydrogen) atoms. The summed E-state index contributed by atoms with van der Waals surface area (Å²) in [6.45, 7) is 10.6. The van der Waals surface area contributed by atoms with Gasteiger partial charge in [0.2, 0.25) is 0 Å². The zero-order chi connectivity index (χ0) is 39.0. The molecule has 0 aliphatic carbocycles. The molecule has 7 aromatic carbocycles. The van der Waals surface area contributed by atoms with Crippen LogP contribution in [0.25, 0.3) is 89.1 Å². The van der Waals surface area contributed by atoms with Crippen molar-refractivity contribution in [2.75, 3.05) is 0 Å². The van der Waals surface area contributed by atoms with Crippen LogP contribution >= 0.6 is 0 Å². The van der Waals surface area contributed by atoms with Gasteiger partial charge in [-0.25, -0.2) is 15.0 Å². The van der Waals surface area contributed by atoms with Crippen molar-refractivity contribution in [1.29, 1.82) is 0 Å². The second-order valence-corrected chi connectivity index (χ2v) is 14.6. The van der Waals surface area contributed by atoms with Crippen LogP contribution in [0.4, 0.5) is 0 Å².